The van der Waals surface area contributed by atoms with Gasteiger partial charge >= 0.3 is 10.4 Å². The van der Waals surface area contributed by atoms with Gasteiger partial charge in [0.1, 0.15) is 50.9 Å². The zero-order valence-corrected chi connectivity index (χ0v) is 18.0. The van der Waals surface area contributed by atoms with Gasteiger partial charge in [0.15, 0.2) is 5.79 Å². The van der Waals surface area contributed by atoms with Gasteiger partial charge < -0.3 is 37.9 Å². The summed E-state index contributed by atoms with van der Waals surface area (Å²) in [5.74, 6) is -1.06. The van der Waals surface area contributed by atoms with Crippen molar-refractivity contribution >= 4 is 10.4 Å². The highest BCUT2D eigenvalue weighted by molar-refractivity contribution is 7.81. The summed E-state index contributed by atoms with van der Waals surface area (Å²) in [5, 5.41) is 0. The van der Waals surface area contributed by atoms with Crippen molar-refractivity contribution in [3.63, 3.8) is 0 Å². The van der Waals surface area contributed by atoms with Crippen molar-refractivity contribution in [3.8, 4) is 0 Å². The van der Waals surface area contributed by atoms with Gasteiger partial charge in [0.2, 0.25) is 0 Å². The third-order valence-electron chi connectivity index (χ3n) is 4.10. The number of methoxy groups -OCH3 is 3. The SMILES string of the molecule is COCOCC(OCOC)C(OCOC)[C@@H]1OC(C)(C)O[C@@H]2COS(=O)(=O)O[C@H]21. The first-order valence-electron chi connectivity index (χ1n) is 8.94. The quantitative estimate of drug-likeness (QED) is 0.290. The minimum atomic E-state index is -4.20. The summed E-state index contributed by atoms with van der Waals surface area (Å²) in [7, 11) is 0.204. The molecule has 0 radical (unpaired) electrons. The van der Waals surface area contributed by atoms with Gasteiger partial charge in [-0.2, -0.15) is 8.42 Å². The third-order valence-corrected chi connectivity index (χ3v) is 4.99. The maximum Gasteiger partial charge on any atom is 0.400 e. The Bertz CT molecular complexity index is 582. The van der Waals surface area contributed by atoms with E-state index in [-0.39, 0.29) is 33.6 Å². The van der Waals surface area contributed by atoms with Crippen LogP contribution < -0.4 is 0 Å². The third kappa shape index (κ3) is 7.33. The van der Waals surface area contributed by atoms with Crippen LogP contribution >= 0.6 is 0 Å². The molecule has 5 atom stereocenters. The zero-order chi connectivity index (χ0) is 21.5. The topological polar surface area (TPSA) is 126 Å². The molecule has 2 saturated heterocycles. The van der Waals surface area contributed by atoms with E-state index in [9.17, 15) is 8.42 Å². The minimum Gasteiger partial charge on any atom is -0.359 e. The molecule has 2 heterocycles. The predicted octanol–water partition coefficient (Wildman–Crippen LogP) is -0.235. The molecule has 2 rings (SSSR count). The molecule has 2 aliphatic heterocycles. The smallest absolute Gasteiger partial charge is 0.359 e. The molecule has 0 aromatic carbocycles. The summed E-state index contributed by atoms with van der Waals surface area (Å²) in [5.41, 5.74) is 0. The van der Waals surface area contributed by atoms with Crippen molar-refractivity contribution in [2.75, 3.05) is 54.9 Å². The van der Waals surface area contributed by atoms with Gasteiger partial charge in [0.05, 0.1) is 13.2 Å². The number of ether oxygens (including phenoxy) is 8. The lowest BCUT2D eigenvalue weighted by Gasteiger charge is -2.49. The van der Waals surface area contributed by atoms with E-state index in [0.29, 0.717) is 0 Å². The molecule has 0 aromatic rings. The van der Waals surface area contributed by atoms with Crippen molar-refractivity contribution in [2.45, 2.75) is 50.2 Å². The van der Waals surface area contributed by atoms with E-state index >= 15 is 0 Å². The van der Waals surface area contributed by atoms with Crippen LogP contribution in [-0.2, 0) is 56.7 Å². The van der Waals surface area contributed by atoms with Crippen molar-refractivity contribution < 1.29 is 54.7 Å². The molecule has 13 heteroatoms. The summed E-state index contributed by atoms with van der Waals surface area (Å²) in [4.78, 5) is 0. The lowest BCUT2D eigenvalue weighted by atomic mass is 9.96. The molecule has 0 aliphatic carbocycles. The second kappa shape index (κ2) is 11.2. The van der Waals surface area contributed by atoms with Crippen LogP contribution in [0.3, 0.4) is 0 Å². The van der Waals surface area contributed by atoms with Crippen LogP contribution in [0, 0.1) is 0 Å². The van der Waals surface area contributed by atoms with E-state index in [2.05, 4.69) is 0 Å². The van der Waals surface area contributed by atoms with Crippen LogP contribution in [-0.4, -0.2) is 99.6 Å². The van der Waals surface area contributed by atoms with Crippen molar-refractivity contribution in [2.24, 2.45) is 0 Å². The van der Waals surface area contributed by atoms with Gasteiger partial charge in [-0.15, -0.1) is 0 Å². The van der Waals surface area contributed by atoms with E-state index in [4.69, 9.17) is 46.3 Å². The largest absolute Gasteiger partial charge is 0.400 e. The number of fused-ring (bicyclic) bond motifs is 1. The molecular formula is C16H30O12S. The molecule has 0 bridgehead atoms. The van der Waals surface area contributed by atoms with Gasteiger partial charge in [-0.3, -0.25) is 0 Å². The van der Waals surface area contributed by atoms with Crippen molar-refractivity contribution in [1.29, 1.82) is 0 Å². The number of hydrogen-bond donors (Lipinski definition) is 0. The lowest BCUT2D eigenvalue weighted by Crippen LogP contribution is -2.65. The molecule has 2 unspecified atom stereocenters. The Morgan fingerprint density at radius 3 is 2.31 bits per heavy atom. The maximum absolute atomic E-state index is 11.9. The van der Waals surface area contributed by atoms with Crippen LogP contribution in [0.4, 0.5) is 0 Å². The standard InChI is InChI=1S/C16H30O12S/c1-16(2)26-12-7-25-29(17,18)28-14(12)15(27-16)13(24-10-21-5)11(23-9-20-4)6-22-8-19-3/h11-15H,6-10H2,1-5H3/t11?,12-,13?,14-,15+/m1/s1. The minimum absolute atomic E-state index is 0.0226. The maximum atomic E-state index is 11.9. The van der Waals surface area contributed by atoms with E-state index in [1.165, 1.54) is 21.3 Å². The summed E-state index contributed by atoms with van der Waals surface area (Å²) in [6, 6.07) is 0. The molecule has 29 heavy (non-hydrogen) atoms. The van der Waals surface area contributed by atoms with Crippen LogP contribution in [0.25, 0.3) is 0 Å². The van der Waals surface area contributed by atoms with E-state index in [0.717, 1.165) is 0 Å². The van der Waals surface area contributed by atoms with Crippen LogP contribution in [0.5, 0.6) is 0 Å². The Balaban J connectivity index is 2.30. The molecule has 0 aromatic heterocycles. The summed E-state index contributed by atoms with van der Waals surface area (Å²) in [6.07, 6.45) is -4.23. The summed E-state index contributed by atoms with van der Waals surface area (Å²) < 4.78 is 77.3. The van der Waals surface area contributed by atoms with Gasteiger partial charge in [-0.05, 0) is 13.8 Å². The van der Waals surface area contributed by atoms with Gasteiger partial charge in [-0.25, -0.2) is 8.37 Å². The highest BCUT2D eigenvalue weighted by Gasteiger charge is 2.54. The monoisotopic (exact) mass is 446 g/mol. The molecule has 0 spiro atoms. The van der Waals surface area contributed by atoms with Crippen LogP contribution in [0.15, 0.2) is 0 Å². The first-order valence-corrected chi connectivity index (χ1v) is 10.3. The number of rotatable bonds is 12. The van der Waals surface area contributed by atoms with Gasteiger partial charge in [-0.1, -0.05) is 0 Å². The molecule has 0 N–H and O–H groups in total. The number of hydrogen-bond acceptors (Lipinski definition) is 12. The molecule has 0 saturated carbocycles. The molecule has 12 nitrogen and oxygen atoms in total. The zero-order valence-electron chi connectivity index (χ0n) is 17.2. The lowest BCUT2D eigenvalue weighted by molar-refractivity contribution is -0.361. The van der Waals surface area contributed by atoms with Gasteiger partial charge in [0, 0.05) is 21.3 Å². The first kappa shape index (κ1) is 24.8. The fourth-order valence-electron chi connectivity index (χ4n) is 3.08. The van der Waals surface area contributed by atoms with Crippen LogP contribution in [0.1, 0.15) is 13.8 Å². The average molecular weight is 446 g/mol. The van der Waals surface area contributed by atoms with E-state index < -0.39 is 46.7 Å². The fourth-order valence-corrected chi connectivity index (χ4v) is 3.94. The van der Waals surface area contributed by atoms with Gasteiger partial charge in [0.25, 0.3) is 0 Å². The Labute approximate surface area is 170 Å². The molecule has 2 fully saturated rings. The average Bonchev–Trinajstić information content (AvgIpc) is 2.65. The first-order chi connectivity index (χ1) is 13.7. The Hall–Kier alpha value is -0.450. The molecule has 172 valence electrons. The Morgan fingerprint density at radius 2 is 1.66 bits per heavy atom. The highest BCUT2D eigenvalue weighted by atomic mass is 32.3. The van der Waals surface area contributed by atoms with Crippen LogP contribution in [0.2, 0.25) is 0 Å². The molecule has 2 aliphatic rings. The summed E-state index contributed by atoms with van der Waals surface area (Å²) in [6.45, 7) is 3.08. The van der Waals surface area contributed by atoms with E-state index in [1.807, 2.05) is 0 Å². The van der Waals surface area contributed by atoms with Crippen molar-refractivity contribution in [1.82, 2.24) is 0 Å². The fraction of sp³-hybridized carbons (Fsp3) is 1.00. The molecule has 0 amide bonds. The Morgan fingerprint density at radius 1 is 1.00 bits per heavy atom. The second-order valence-electron chi connectivity index (χ2n) is 6.82. The second-order valence-corrected chi connectivity index (χ2v) is 8.06. The molecular weight excluding hydrogens is 416 g/mol. The Kier molecular flexibility index (Phi) is 9.63. The van der Waals surface area contributed by atoms with E-state index in [1.54, 1.807) is 13.8 Å². The normalized spacial score (nSPS) is 30.4. The van der Waals surface area contributed by atoms with Crippen molar-refractivity contribution in [3.05, 3.63) is 0 Å². The predicted molar refractivity (Wildman–Crippen MR) is 94.9 cm³/mol. The highest BCUT2D eigenvalue weighted by Crippen LogP contribution is 2.36. The summed E-state index contributed by atoms with van der Waals surface area (Å²) >= 11 is 0.